The third-order valence-corrected chi connectivity index (χ3v) is 10.5. The number of amides is 1. The predicted octanol–water partition coefficient (Wildman–Crippen LogP) is 4.14. The van der Waals surface area contributed by atoms with E-state index >= 15 is 0 Å². The molecule has 5 aliphatic heterocycles. The minimum Gasteiger partial charge on any atom is -0.508 e. The number of anilines is 2. The first-order valence-corrected chi connectivity index (χ1v) is 16.0. The van der Waals surface area contributed by atoms with Crippen LogP contribution in [0.15, 0.2) is 24.3 Å². The van der Waals surface area contributed by atoms with Gasteiger partial charge in [0.15, 0.2) is 0 Å². The quantitative estimate of drug-likeness (QED) is 0.434. The number of hydrogen-bond donors (Lipinski definition) is 2. The Labute approximate surface area is 255 Å². The monoisotopic (exact) mass is 604 g/mol. The molecule has 2 N–H and O–H groups in total. The summed E-state index contributed by atoms with van der Waals surface area (Å²) in [4.78, 5) is 30.1. The summed E-state index contributed by atoms with van der Waals surface area (Å²) < 4.78 is 35.7. The van der Waals surface area contributed by atoms with E-state index in [1.165, 1.54) is 6.07 Å². The summed E-state index contributed by atoms with van der Waals surface area (Å²) in [5, 5.41) is 15.6. The van der Waals surface area contributed by atoms with Gasteiger partial charge in [-0.1, -0.05) is 13.0 Å². The van der Waals surface area contributed by atoms with Crippen LogP contribution >= 0.6 is 0 Å². The molecular weight excluding hydrogens is 566 g/mol. The number of phenolic OH excluding ortho intramolecular Hbond substituents is 1. The summed E-state index contributed by atoms with van der Waals surface area (Å²) in [5.41, 5.74) is 1.66. The number of carbonyl (C=O) groups excluding carboxylic acids is 1. The second kappa shape index (κ2) is 10.5. The maximum absolute atomic E-state index is 15.0. The molecule has 2 aromatic carbocycles. The Morgan fingerprint density at radius 1 is 1.14 bits per heavy atom. The van der Waals surface area contributed by atoms with Crippen molar-refractivity contribution >= 4 is 28.2 Å². The van der Waals surface area contributed by atoms with Crippen molar-refractivity contribution in [3.63, 3.8) is 0 Å². The highest BCUT2D eigenvalue weighted by Crippen LogP contribution is 2.42. The van der Waals surface area contributed by atoms with Crippen LogP contribution < -0.4 is 19.9 Å². The van der Waals surface area contributed by atoms with Gasteiger partial charge in [-0.05, 0) is 68.2 Å². The number of ether oxygens (including phenoxy) is 1. The van der Waals surface area contributed by atoms with Gasteiger partial charge in [0, 0.05) is 61.7 Å². The highest BCUT2D eigenvalue weighted by Gasteiger charge is 2.49. The number of nitrogens with one attached hydrogen (secondary N) is 1. The van der Waals surface area contributed by atoms with Gasteiger partial charge in [0.25, 0.3) is 5.91 Å². The summed E-state index contributed by atoms with van der Waals surface area (Å²) in [6, 6.07) is 7.04. The standard InChI is InChI=1S/C33H38F2N6O3/c1-2-24-26(35)7-4-19-12-23(42)13-27(28(19)24)41-11-8-25-29(31(41)43)37-32(38-30(25)39-16-21-5-6-22(17-39)36-21)44-18-33-9-3-10-40(33)15-20(34)14-33/h4,7,12-13,20-22,36,42H,2-3,5-6,8-11,14-18H2,1H3/t20-,21-,22+,33+/m1/s1. The van der Waals surface area contributed by atoms with Crippen LogP contribution in [0.1, 0.15) is 60.6 Å². The Balaban J connectivity index is 1.20. The highest BCUT2D eigenvalue weighted by atomic mass is 19.1. The van der Waals surface area contributed by atoms with Crippen LogP contribution in [0.2, 0.25) is 0 Å². The third-order valence-electron chi connectivity index (χ3n) is 10.5. The molecule has 0 radical (unpaired) electrons. The lowest BCUT2D eigenvalue weighted by atomic mass is 9.95. The smallest absolute Gasteiger partial charge is 0.319 e. The average Bonchev–Trinajstić information content (AvgIpc) is 3.66. The van der Waals surface area contributed by atoms with Gasteiger partial charge in [-0.2, -0.15) is 9.97 Å². The number of aromatic hydroxyl groups is 1. The second-order valence-electron chi connectivity index (χ2n) is 13.2. The fraction of sp³-hybridized carbons (Fsp3) is 0.545. The van der Waals surface area contributed by atoms with E-state index in [-0.39, 0.29) is 41.3 Å². The second-order valence-corrected chi connectivity index (χ2v) is 13.2. The van der Waals surface area contributed by atoms with Crippen LogP contribution in [-0.4, -0.2) is 89.0 Å². The number of alkyl halides is 1. The molecular formula is C33H38F2N6O3. The van der Waals surface area contributed by atoms with E-state index in [0.29, 0.717) is 66.5 Å². The van der Waals surface area contributed by atoms with E-state index < -0.39 is 6.17 Å². The molecule has 8 rings (SSSR count). The number of rotatable bonds is 6. The average molecular weight is 605 g/mol. The van der Waals surface area contributed by atoms with Crippen molar-refractivity contribution in [1.29, 1.82) is 0 Å². The predicted molar refractivity (Wildman–Crippen MR) is 163 cm³/mol. The third kappa shape index (κ3) is 4.50. The Kier molecular flexibility index (Phi) is 6.68. The van der Waals surface area contributed by atoms with Crippen LogP contribution in [-0.2, 0) is 12.8 Å². The number of carbonyl (C=O) groups is 1. The lowest BCUT2D eigenvalue weighted by Gasteiger charge is -2.37. The Hall–Kier alpha value is -3.57. The van der Waals surface area contributed by atoms with E-state index in [1.54, 1.807) is 23.1 Å². The topological polar surface area (TPSA) is 94.1 Å². The van der Waals surface area contributed by atoms with Crippen molar-refractivity contribution in [1.82, 2.24) is 20.2 Å². The molecule has 4 fully saturated rings. The maximum atomic E-state index is 15.0. The largest absolute Gasteiger partial charge is 0.508 e. The van der Waals surface area contributed by atoms with Gasteiger partial charge in [0.2, 0.25) is 0 Å². The molecule has 1 aromatic heterocycles. The molecule has 2 bridgehead atoms. The molecule has 5 aliphatic rings. The molecule has 0 unspecified atom stereocenters. The van der Waals surface area contributed by atoms with Crippen molar-refractivity contribution in [2.75, 3.05) is 49.1 Å². The molecule has 232 valence electrons. The summed E-state index contributed by atoms with van der Waals surface area (Å²) >= 11 is 0. The molecule has 1 amide bonds. The lowest BCUT2D eigenvalue weighted by molar-refractivity contribution is 0.0963. The molecule has 0 spiro atoms. The number of hydrogen-bond acceptors (Lipinski definition) is 8. The van der Waals surface area contributed by atoms with E-state index in [1.807, 2.05) is 6.92 Å². The number of piperazine rings is 1. The van der Waals surface area contributed by atoms with E-state index in [2.05, 4.69) is 15.1 Å². The zero-order chi connectivity index (χ0) is 30.2. The van der Waals surface area contributed by atoms with Crippen molar-refractivity contribution < 1.29 is 23.4 Å². The van der Waals surface area contributed by atoms with Gasteiger partial charge in [-0.3, -0.25) is 9.69 Å². The molecule has 3 aromatic rings. The number of benzene rings is 2. The fourth-order valence-corrected chi connectivity index (χ4v) is 8.52. The van der Waals surface area contributed by atoms with E-state index in [4.69, 9.17) is 14.7 Å². The fourth-order valence-electron chi connectivity index (χ4n) is 8.52. The Morgan fingerprint density at radius 3 is 2.75 bits per heavy atom. The van der Waals surface area contributed by atoms with Gasteiger partial charge in [-0.25, -0.2) is 8.78 Å². The number of aromatic nitrogens is 2. The molecule has 11 heteroatoms. The number of halogens is 2. The highest BCUT2D eigenvalue weighted by molar-refractivity contribution is 6.13. The van der Waals surface area contributed by atoms with Crippen molar-refractivity contribution in [3.8, 4) is 11.8 Å². The van der Waals surface area contributed by atoms with Crippen LogP contribution in [0.5, 0.6) is 11.8 Å². The van der Waals surface area contributed by atoms with Crippen LogP contribution in [0.3, 0.4) is 0 Å². The number of aryl methyl sites for hydroxylation is 1. The molecule has 4 atom stereocenters. The number of phenols is 1. The van der Waals surface area contributed by atoms with Gasteiger partial charge in [0.1, 0.15) is 35.9 Å². The normalized spacial score (nSPS) is 28.2. The first-order valence-electron chi connectivity index (χ1n) is 16.0. The summed E-state index contributed by atoms with van der Waals surface area (Å²) in [7, 11) is 0. The zero-order valence-corrected chi connectivity index (χ0v) is 25.0. The molecule has 44 heavy (non-hydrogen) atoms. The van der Waals surface area contributed by atoms with Crippen LogP contribution in [0.25, 0.3) is 10.8 Å². The van der Waals surface area contributed by atoms with Gasteiger partial charge < -0.3 is 25.0 Å². The summed E-state index contributed by atoms with van der Waals surface area (Å²) in [6.07, 6.45) is 4.57. The first kappa shape index (κ1) is 27.9. The minimum absolute atomic E-state index is 0.00607. The van der Waals surface area contributed by atoms with E-state index in [9.17, 15) is 18.7 Å². The van der Waals surface area contributed by atoms with Crippen LogP contribution in [0, 0.1) is 5.82 Å². The van der Waals surface area contributed by atoms with Crippen molar-refractivity contribution in [2.24, 2.45) is 0 Å². The zero-order valence-electron chi connectivity index (χ0n) is 25.0. The van der Waals surface area contributed by atoms with Gasteiger partial charge >= 0.3 is 6.01 Å². The molecule has 6 heterocycles. The Morgan fingerprint density at radius 2 is 1.95 bits per heavy atom. The minimum atomic E-state index is -0.875. The molecule has 9 nitrogen and oxygen atoms in total. The number of nitrogens with zero attached hydrogens (tertiary/aromatic N) is 5. The molecule has 4 saturated heterocycles. The summed E-state index contributed by atoms with van der Waals surface area (Å²) in [6.45, 7) is 5.35. The Bertz CT molecular complexity index is 1640. The van der Waals surface area contributed by atoms with Crippen LogP contribution in [0.4, 0.5) is 20.3 Å². The SMILES string of the molecule is CCc1c(F)ccc2cc(O)cc(N3CCc4c(nc(OC[C@@]56CCCN5C[C@H](F)C6)nc4N4C[C@H]5CC[C@@H](C4)N5)C3=O)c12. The molecule has 0 aliphatic carbocycles. The lowest BCUT2D eigenvalue weighted by Crippen LogP contribution is -2.52. The summed E-state index contributed by atoms with van der Waals surface area (Å²) in [5.74, 6) is 0.0641. The number of fused-ring (bicyclic) bond motifs is 5. The van der Waals surface area contributed by atoms with Gasteiger partial charge in [-0.15, -0.1) is 0 Å². The molecule has 0 saturated carbocycles. The maximum Gasteiger partial charge on any atom is 0.319 e. The van der Waals surface area contributed by atoms with E-state index in [0.717, 1.165) is 56.7 Å². The first-order chi connectivity index (χ1) is 21.3. The van der Waals surface area contributed by atoms with Crippen molar-refractivity contribution in [3.05, 3.63) is 46.9 Å². The van der Waals surface area contributed by atoms with Gasteiger partial charge in [0.05, 0.1) is 11.2 Å². The van der Waals surface area contributed by atoms with Crippen molar-refractivity contribution in [2.45, 2.75) is 75.7 Å².